The Balaban J connectivity index is 2.16. The molecule has 1 unspecified atom stereocenters. The van der Waals surface area contributed by atoms with Gasteiger partial charge in [0, 0.05) is 6.20 Å². The highest BCUT2D eigenvalue weighted by molar-refractivity contribution is 5.33. The van der Waals surface area contributed by atoms with E-state index in [-0.39, 0.29) is 6.17 Å². The summed E-state index contributed by atoms with van der Waals surface area (Å²) in [5, 5.41) is 7.48. The van der Waals surface area contributed by atoms with E-state index in [1.165, 1.54) is 6.33 Å². The van der Waals surface area contributed by atoms with Crippen molar-refractivity contribution in [1.29, 1.82) is 0 Å². The van der Waals surface area contributed by atoms with Gasteiger partial charge in [-0.25, -0.2) is 14.6 Å². The number of nitrogens with one attached hydrogen (secondary N) is 1. The summed E-state index contributed by atoms with van der Waals surface area (Å²) in [4.78, 5) is 8.20. The first-order chi connectivity index (χ1) is 7.77. The van der Waals surface area contributed by atoms with Crippen molar-refractivity contribution in [3.63, 3.8) is 0 Å². The first-order valence-electron chi connectivity index (χ1n) is 5.29. The quantitative estimate of drug-likeness (QED) is 0.850. The normalized spacial score (nSPS) is 12.7. The van der Waals surface area contributed by atoms with Crippen molar-refractivity contribution in [2.75, 3.05) is 5.32 Å². The van der Waals surface area contributed by atoms with Crippen LogP contribution in [0.3, 0.4) is 0 Å². The zero-order chi connectivity index (χ0) is 11.4. The van der Waals surface area contributed by atoms with Crippen LogP contribution in [-0.2, 0) is 0 Å². The molecule has 0 aliphatic rings. The summed E-state index contributed by atoms with van der Waals surface area (Å²) in [6.45, 7) is 4.25. The number of pyridine rings is 1. The van der Waals surface area contributed by atoms with E-state index in [0.29, 0.717) is 5.92 Å². The molecular formula is C11H15N5. The predicted octanol–water partition coefficient (Wildman–Crippen LogP) is 1.94. The summed E-state index contributed by atoms with van der Waals surface area (Å²) < 4.78 is 1.80. The Morgan fingerprint density at radius 3 is 2.75 bits per heavy atom. The Morgan fingerprint density at radius 2 is 2.19 bits per heavy atom. The lowest BCUT2D eigenvalue weighted by Gasteiger charge is -2.22. The summed E-state index contributed by atoms with van der Waals surface area (Å²) in [6.07, 6.45) is 5.08. The summed E-state index contributed by atoms with van der Waals surface area (Å²) in [5.74, 6) is 1.24. The maximum atomic E-state index is 4.24. The topological polar surface area (TPSA) is 55.6 Å². The average molecular weight is 217 g/mol. The third-order valence-corrected chi connectivity index (χ3v) is 2.31. The maximum absolute atomic E-state index is 4.24. The SMILES string of the molecule is CC(C)C(Nc1ccccn1)n1cncn1. The molecule has 0 aliphatic carbocycles. The van der Waals surface area contributed by atoms with Crippen LogP contribution in [0.1, 0.15) is 20.0 Å². The van der Waals surface area contributed by atoms with E-state index in [9.17, 15) is 0 Å². The van der Waals surface area contributed by atoms with Crippen LogP contribution in [0, 0.1) is 5.92 Å². The number of hydrogen-bond acceptors (Lipinski definition) is 4. The van der Waals surface area contributed by atoms with Crippen LogP contribution < -0.4 is 5.32 Å². The molecule has 0 bridgehead atoms. The third-order valence-electron chi connectivity index (χ3n) is 2.31. The Kier molecular flexibility index (Phi) is 3.14. The monoisotopic (exact) mass is 217 g/mol. The molecular weight excluding hydrogens is 202 g/mol. The number of hydrogen-bond donors (Lipinski definition) is 1. The van der Waals surface area contributed by atoms with Crippen molar-refractivity contribution < 1.29 is 0 Å². The summed E-state index contributed by atoms with van der Waals surface area (Å²) in [6, 6.07) is 5.78. The average Bonchev–Trinajstić information content (AvgIpc) is 2.80. The van der Waals surface area contributed by atoms with E-state index in [4.69, 9.17) is 0 Å². The maximum Gasteiger partial charge on any atom is 0.137 e. The van der Waals surface area contributed by atoms with Gasteiger partial charge >= 0.3 is 0 Å². The van der Waals surface area contributed by atoms with Gasteiger partial charge in [0.1, 0.15) is 24.6 Å². The van der Waals surface area contributed by atoms with E-state index in [1.807, 2.05) is 18.2 Å². The van der Waals surface area contributed by atoms with E-state index >= 15 is 0 Å². The highest BCUT2D eigenvalue weighted by Crippen LogP contribution is 2.17. The standard InChI is InChI=1S/C11H15N5/c1-9(2)11(16-8-12-7-14-16)15-10-5-3-4-6-13-10/h3-9,11H,1-2H3,(H,13,15). The second-order valence-electron chi connectivity index (χ2n) is 3.92. The minimum atomic E-state index is 0.0670. The number of nitrogens with zero attached hydrogens (tertiary/aromatic N) is 4. The molecule has 2 aromatic heterocycles. The molecule has 0 aromatic carbocycles. The van der Waals surface area contributed by atoms with Crippen LogP contribution in [0.5, 0.6) is 0 Å². The molecule has 84 valence electrons. The van der Waals surface area contributed by atoms with Gasteiger partial charge in [0.15, 0.2) is 0 Å². The molecule has 0 aliphatic heterocycles. The van der Waals surface area contributed by atoms with Crippen molar-refractivity contribution in [3.8, 4) is 0 Å². The van der Waals surface area contributed by atoms with Crippen molar-refractivity contribution in [2.24, 2.45) is 5.92 Å². The predicted molar refractivity (Wildman–Crippen MR) is 61.8 cm³/mol. The highest BCUT2D eigenvalue weighted by atomic mass is 15.4. The van der Waals surface area contributed by atoms with Crippen molar-refractivity contribution in [1.82, 2.24) is 19.7 Å². The fourth-order valence-corrected chi connectivity index (χ4v) is 1.50. The van der Waals surface area contributed by atoms with Gasteiger partial charge in [0.25, 0.3) is 0 Å². The fraction of sp³-hybridized carbons (Fsp3) is 0.364. The smallest absolute Gasteiger partial charge is 0.137 e. The van der Waals surface area contributed by atoms with Crippen molar-refractivity contribution >= 4 is 5.82 Å². The summed E-state index contributed by atoms with van der Waals surface area (Å²) >= 11 is 0. The van der Waals surface area contributed by atoms with Gasteiger partial charge in [-0.2, -0.15) is 5.10 Å². The minimum Gasteiger partial charge on any atom is -0.348 e. The van der Waals surface area contributed by atoms with Crippen LogP contribution >= 0.6 is 0 Å². The van der Waals surface area contributed by atoms with Crippen molar-refractivity contribution in [2.45, 2.75) is 20.0 Å². The molecule has 16 heavy (non-hydrogen) atoms. The van der Waals surface area contributed by atoms with E-state index in [1.54, 1.807) is 17.2 Å². The van der Waals surface area contributed by atoms with Gasteiger partial charge in [-0.05, 0) is 18.1 Å². The molecule has 0 spiro atoms. The summed E-state index contributed by atoms with van der Waals surface area (Å²) in [7, 11) is 0. The highest BCUT2D eigenvalue weighted by Gasteiger charge is 2.15. The van der Waals surface area contributed by atoms with E-state index < -0.39 is 0 Å². The van der Waals surface area contributed by atoms with Crippen LogP contribution in [0.2, 0.25) is 0 Å². The van der Waals surface area contributed by atoms with Gasteiger partial charge in [0.05, 0.1) is 0 Å². The lowest BCUT2D eigenvalue weighted by molar-refractivity contribution is 0.384. The lowest BCUT2D eigenvalue weighted by atomic mass is 10.1. The Bertz CT molecular complexity index is 409. The molecule has 1 N–H and O–H groups in total. The van der Waals surface area contributed by atoms with Crippen LogP contribution in [-0.4, -0.2) is 19.7 Å². The first kappa shape index (κ1) is 10.6. The third kappa shape index (κ3) is 2.36. The van der Waals surface area contributed by atoms with Crippen LogP contribution in [0.15, 0.2) is 37.1 Å². The van der Waals surface area contributed by atoms with E-state index in [2.05, 4.69) is 34.2 Å². The number of rotatable bonds is 4. The molecule has 5 nitrogen and oxygen atoms in total. The van der Waals surface area contributed by atoms with E-state index in [0.717, 1.165) is 5.82 Å². The molecule has 0 saturated carbocycles. The second kappa shape index (κ2) is 4.74. The van der Waals surface area contributed by atoms with Gasteiger partial charge in [-0.15, -0.1) is 0 Å². The summed E-state index contributed by atoms with van der Waals surface area (Å²) in [5.41, 5.74) is 0. The zero-order valence-electron chi connectivity index (χ0n) is 9.41. The Morgan fingerprint density at radius 1 is 1.31 bits per heavy atom. The first-order valence-corrected chi connectivity index (χ1v) is 5.29. The molecule has 2 rings (SSSR count). The molecule has 2 heterocycles. The Labute approximate surface area is 94.5 Å². The van der Waals surface area contributed by atoms with Crippen LogP contribution in [0.4, 0.5) is 5.82 Å². The lowest BCUT2D eigenvalue weighted by Crippen LogP contribution is -2.24. The molecule has 0 amide bonds. The molecule has 5 heteroatoms. The molecule has 1 atom stereocenters. The van der Waals surface area contributed by atoms with Gasteiger partial charge < -0.3 is 5.32 Å². The van der Waals surface area contributed by atoms with Gasteiger partial charge in [-0.3, -0.25) is 0 Å². The molecule has 0 saturated heterocycles. The largest absolute Gasteiger partial charge is 0.348 e. The minimum absolute atomic E-state index is 0.0670. The fourth-order valence-electron chi connectivity index (χ4n) is 1.50. The second-order valence-corrected chi connectivity index (χ2v) is 3.92. The van der Waals surface area contributed by atoms with Gasteiger partial charge in [-0.1, -0.05) is 19.9 Å². The zero-order valence-corrected chi connectivity index (χ0v) is 9.41. The molecule has 2 aromatic rings. The van der Waals surface area contributed by atoms with Crippen molar-refractivity contribution in [3.05, 3.63) is 37.1 Å². The molecule has 0 radical (unpaired) electrons. The Hall–Kier alpha value is -1.91. The van der Waals surface area contributed by atoms with Gasteiger partial charge in [0.2, 0.25) is 0 Å². The number of aromatic nitrogens is 4. The van der Waals surface area contributed by atoms with Crippen LogP contribution in [0.25, 0.3) is 0 Å². The number of anilines is 1. The molecule has 0 fully saturated rings.